The van der Waals surface area contributed by atoms with E-state index in [0.29, 0.717) is 22.2 Å². The van der Waals surface area contributed by atoms with E-state index in [1.54, 1.807) is 6.07 Å². The number of pyridine rings is 1. The fourth-order valence-electron chi connectivity index (χ4n) is 3.06. The summed E-state index contributed by atoms with van der Waals surface area (Å²) < 4.78 is 58.3. The molecule has 7 nitrogen and oxygen atoms in total. The topological polar surface area (TPSA) is 100 Å². The van der Waals surface area contributed by atoms with Crippen molar-refractivity contribution in [3.63, 3.8) is 0 Å². The second kappa shape index (κ2) is 6.90. The Labute approximate surface area is 164 Å². The van der Waals surface area contributed by atoms with E-state index >= 15 is 0 Å². The van der Waals surface area contributed by atoms with Crippen molar-refractivity contribution < 1.29 is 21.9 Å². The van der Waals surface area contributed by atoms with Crippen LogP contribution in [-0.4, -0.2) is 30.3 Å². The van der Waals surface area contributed by atoms with Gasteiger partial charge in [0.05, 0.1) is 22.9 Å². The Hall–Kier alpha value is -3.37. The van der Waals surface area contributed by atoms with E-state index in [1.807, 2.05) is 0 Å². The van der Waals surface area contributed by atoms with Crippen molar-refractivity contribution in [3.05, 3.63) is 66.4 Å². The summed E-state index contributed by atoms with van der Waals surface area (Å²) in [7, 11) is -2.45. The minimum absolute atomic E-state index is 0.0739. The molecule has 4 rings (SSSR count). The van der Waals surface area contributed by atoms with E-state index in [2.05, 4.69) is 10.1 Å². The van der Waals surface area contributed by atoms with Gasteiger partial charge in [-0.25, -0.2) is 32.0 Å². The van der Waals surface area contributed by atoms with Gasteiger partial charge in [0.1, 0.15) is 11.4 Å². The molecular formula is C19H14F2N4O3S. The number of hydrogen-bond donors (Lipinski definition) is 1. The molecule has 0 spiro atoms. The van der Waals surface area contributed by atoms with E-state index in [4.69, 9.17) is 9.88 Å². The molecule has 0 unspecified atom stereocenters. The van der Waals surface area contributed by atoms with Crippen LogP contribution in [0.1, 0.15) is 0 Å². The number of rotatable bonds is 4. The first kappa shape index (κ1) is 19.0. The fraction of sp³-hybridized carbons (Fsp3) is 0.0526. The van der Waals surface area contributed by atoms with Crippen LogP contribution in [0.3, 0.4) is 0 Å². The third-order valence-electron chi connectivity index (χ3n) is 4.36. The number of nitrogens with zero attached hydrogens (tertiary/aromatic N) is 3. The molecule has 0 bridgehead atoms. The Morgan fingerprint density at radius 2 is 1.69 bits per heavy atom. The van der Waals surface area contributed by atoms with Crippen LogP contribution < -0.4 is 9.88 Å². The summed E-state index contributed by atoms with van der Waals surface area (Å²) in [5, 5.41) is 9.94. The first-order chi connectivity index (χ1) is 13.8. The molecule has 0 fully saturated rings. The van der Waals surface area contributed by atoms with Crippen molar-refractivity contribution in [2.24, 2.45) is 5.14 Å². The zero-order valence-electron chi connectivity index (χ0n) is 15.0. The van der Waals surface area contributed by atoms with E-state index in [0.717, 1.165) is 16.8 Å². The van der Waals surface area contributed by atoms with Gasteiger partial charge in [-0.3, -0.25) is 0 Å². The van der Waals surface area contributed by atoms with Crippen molar-refractivity contribution in [2.75, 3.05) is 7.11 Å². The predicted octanol–water partition coefficient (Wildman–Crippen LogP) is 3.02. The van der Waals surface area contributed by atoms with Gasteiger partial charge in [-0.1, -0.05) is 18.2 Å². The highest BCUT2D eigenvalue weighted by atomic mass is 32.2. The van der Waals surface area contributed by atoms with Gasteiger partial charge in [0.15, 0.2) is 11.6 Å². The lowest BCUT2D eigenvalue weighted by atomic mass is 10.1. The summed E-state index contributed by atoms with van der Waals surface area (Å²) in [6.45, 7) is 0. The number of primary sulfonamides is 1. The molecule has 0 saturated carbocycles. The van der Waals surface area contributed by atoms with Crippen molar-refractivity contribution >= 4 is 20.9 Å². The Balaban J connectivity index is 2.03. The second-order valence-corrected chi connectivity index (χ2v) is 7.68. The van der Waals surface area contributed by atoms with Crippen LogP contribution in [0.25, 0.3) is 27.8 Å². The molecule has 29 heavy (non-hydrogen) atoms. The lowest BCUT2D eigenvalue weighted by molar-refractivity contribution is 0.403. The van der Waals surface area contributed by atoms with Crippen molar-refractivity contribution in [1.82, 2.24) is 14.8 Å². The highest BCUT2D eigenvalue weighted by Gasteiger charge is 2.22. The third kappa shape index (κ3) is 3.22. The smallest absolute Gasteiger partial charge is 0.238 e. The maximum Gasteiger partial charge on any atom is 0.238 e. The Morgan fingerprint density at radius 1 is 1.03 bits per heavy atom. The number of halogens is 2. The monoisotopic (exact) mass is 416 g/mol. The van der Waals surface area contributed by atoms with Gasteiger partial charge >= 0.3 is 0 Å². The van der Waals surface area contributed by atoms with Gasteiger partial charge in [0, 0.05) is 11.8 Å². The van der Waals surface area contributed by atoms with Gasteiger partial charge in [-0.05, 0) is 30.3 Å². The fourth-order valence-corrected chi connectivity index (χ4v) is 3.57. The Bertz CT molecular complexity index is 1320. The highest BCUT2D eigenvalue weighted by molar-refractivity contribution is 7.89. The number of benzene rings is 2. The molecular weight excluding hydrogens is 402 g/mol. The Kier molecular flexibility index (Phi) is 4.52. The highest BCUT2D eigenvalue weighted by Crippen LogP contribution is 2.36. The van der Waals surface area contributed by atoms with Gasteiger partial charge < -0.3 is 4.74 Å². The second-order valence-electron chi connectivity index (χ2n) is 6.11. The first-order valence-electron chi connectivity index (χ1n) is 8.30. The Morgan fingerprint density at radius 3 is 2.28 bits per heavy atom. The van der Waals surface area contributed by atoms with Crippen LogP contribution in [0, 0.1) is 11.6 Å². The van der Waals surface area contributed by atoms with Gasteiger partial charge in [-0.15, -0.1) is 0 Å². The molecule has 0 saturated heterocycles. The SMILES string of the molecule is COc1nccc2c1c(-c1ccc(S(N)(=O)=O)cc1)nn2-c1c(F)cccc1F. The molecule has 2 aromatic heterocycles. The van der Waals surface area contributed by atoms with E-state index in [1.165, 1.54) is 43.6 Å². The molecule has 2 N–H and O–H groups in total. The maximum atomic E-state index is 14.4. The molecule has 0 amide bonds. The predicted molar refractivity (Wildman–Crippen MR) is 102 cm³/mol. The van der Waals surface area contributed by atoms with Gasteiger partial charge in [0.2, 0.25) is 15.9 Å². The van der Waals surface area contributed by atoms with Crippen LogP contribution in [-0.2, 0) is 10.0 Å². The van der Waals surface area contributed by atoms with Crippen LogP contribution in [0.2, 0.25) is 0 Å². The standard InChI is InChI=1S/C19H14F2N4O3S/c1-28-19-16-15(9-10-23-19)25(18-13(20)3-2-4-14(18)21)24-17(16)11-5-7-12(8-6-11)29(22,26)27/h2-10H,1H3,(H2,22,26,27). The first-order valence-corrected chi connectivity index (χ1v) is 9.85. The molecule has 0 atom stereocenters. The van der Waals surface area contributed by atoms with E-state index in [9.17, 15) is 17.2 Å². The summed E-state index contributed by atoms with van der Waals surface area (Å²) in [5.74, 6) is -1.38. The molecule has 10 heteroatoms. The molecule has 148 valence electrons. The van der Waals surface area contributed by atoms with Crippen LogP contribution in [0.5, 0.6) is 5.88 Å². The summed E-state index contributed by atoms with van der Waals surface area (Å²) in [4.78, 5) is 4.07. The van der Waals surface area contributed by atoms with E-state index in [-0.39, 0.29) is 16.5 Å². The van der Waals surface area contributed by atoms with Crippen molar-refractivity contribution in [2.45, 2.75) is 4.90 Å². The summed E-state index contributed by atoms with van der Waals surface area (Å²) in [6.07, 6.45) is 1.44. The average Bonchev–Trinajstić information content (AvgIpc) is 3.07. The molecule has 2 aromatic carbocycles. The molecule has 0 aliphatic rings. The number of nitrogens with two attached hydrogens (primary N) is 1. The maximum absolute atomic E-state index is 14.4. The van der Waals surface area contributed by atoms with Crippen LogP contribution in [0.15, 0.2) is 59.6 Å². The zero-order chi connectivity index (χ0) is 20.8. The average molecular weight is 416 g/mol. The van der Waals surface area contributed by atoms with Crippen molar-refractivity contribution in [1.29, 1.82) is 0 Å². The van der Waals surface area contributed by atoms with Crippen LogP contribution >= 0.6 is 0 Å². The van der Waals surface area contributed by atoms with Gasteiger partial charge in [-0.2, -0.15) is 5.10 Å². The largest absolute Gasteiger partial charge is 0.480 e. The van der Waals surface area contributed by atoms with Crippen LogP contribution in [0.4, 0.5) is 8.78 Å². The third-order valence-corrected chi connectivity index (χ3v) is 5.29. The minimum atomic E-state index is -3.87. The number of sulfonamides is 1. The summed E-state index contributed by atoms with van der Waals surface area (Å²) in [6, 6.07) is 10.7. The lowest BCUT2D eigenvalue weighted by Crippen LogP contribution is -2.11. The zero-order valence-corrected chi connectivity index (χ0v) is 15.8. The molecule has 0 aliphatic carbocycles. The molecule has 4 aromatic rings. The van der Waals surface area contributed by atoms with Crippen molar-refractivity contribution in [3.8, 4) is 22.8 Å². The van der Waals surface area contributed by atoms with Gasteiger partial charge in [0.25, 0.3) is 0 Å². The summed E-state index contributed by atoms with van der Waals surface area (Å²) >= 11 is 0. The normalized spacial score (nSPS) is 11.7. The molecule has 0 aliphatic heterocycles. The minimum Gasteiger partial charge on any atom is -0.480 e. The number of ether oxygens (including phenoxy) is 1. The molecule has 0 radical (unpaired) electrons. The molecule has 2 heterocycles. The summed E-state index contributed by atoms with van der Waals surface area (Å²) in [5.41, 5.74) is 0.822. The number of fused-ring (bicyclic) bond motifs is 1. The van der Waals surface area contributed by atoms with E-state index < -0.39 is 21.7 Å². The quantitative estimate of drug-likeness (QED) is 0.551. The number of hydrogen-bond acceptors (Lipinski definition) is 5. The number of aromatic nitrogens is 3. The number of para-hydroxylation sites is 1. The number of methoxy groups -OCH3 is 1. The lowest BCUT2D eigenvalue weighted by Gasteiger charge is -2.06.